The van der Waals surface area contributed by atoms with Gasteiger partial charge in [-0.25, -0.2) is 4.98 Å². The van der Waals surface area contributed by atoms with Crippen molar-refractivity contribution in [3.8, 4) is 0 Å². The van der Waals surface area contributed by atoms with Crippen LogP contribution in [0.15, 0.2) is 10.9 Å². The van der Waals surface area contributed by atoms with E-state index >= 15 is 0 Å². The van der Waals surface area contributed by atoms with E-state index in [2.05, 4.69) is 9.97 Å². The Kier molecular flexibility index (Phi) is 4.34. The minimum absolute atomic E-state index is 0.0508. The largest absolute Gasteiger partial charge is 0.481 e. The number of nitrogens with zero attached hydrogens (tertiary/aromatic N) is 2. The van der Waals surface area contributed by atoms with Gasteiger partial charge in [-0.1, -0.05) is 6.92 Å². The van der Waals surface area contributed by atoms with Crippen LogP contribution >= 0.6 is 0 Å². The lowest BCUT2D eigenvalue weighted by atomic mass is 9.74. The number of hydrogen-bond donors (Lipinski definition) is 2. The van der Waals surface area contributed by atoms with E-state index in [0.717, 1.165) is 19.4 Å². The van der Waals surface area contributed by atoms with Crippen LogP contribution in [0.4, 0.5) is 5.82 Å². The second kappa shape index (κ2) is 5.87. The molecule has 1 saturated heterocycles. The first-order valence-corrected chi connectivity index (χ1v) is 7.43. The third-order valence-corrected chi connectivity index (χ3v) is 4.43. The van der Waals surface area contributed by atoms with Crippen molar-refractivity contribution in [3.05, 3.63) is 22.2 Å². The van der Waals surface area contributed by atoms with Crippen LogP contribution in [0.5, 0.6) is 0 Å². The molecule has 2 rings (SSSR count). The van der Waals surface area contributed by atoms with Crippen molar-refractivity contribution in [1.82, 2.24) is 9.97 Å². The molecule has 1 atom stereocenters. The Balaban J connectivity index is 2.24. The molecule has 0 saturated carbocycles. The standard InChI is InChI=1S/C15H23N3O3/c1-4-11-16-12(8-13(19)17-11)18-7-5-6-10(9-18)15(2,3)14(20)21/h8,10H,4-7,9H2,1-3H3,(H,20,21)(H,16,17,19). The summed E-state index contributed by atoms with van der Waals surface area (Å²) in [6.45, 7) is 6.91. The molecule has 1 fully saturated rings. The van der Waals surface area contributed by atoms with Gasteiger partial charge < -0.3 is 15.0 Å². The number of aromatic nitrogens is 2. The number of carboxylic acids is 1. The highest BCUT2D eigenvalue weighted by Crippen LogP contribution is 2.35. The summed E-state index contributed by atoms with van der Waals surface area (Å²) in [6.07, 6.45) is 2.47. The van der Waals surface area contributed by atoms with Gasteiger partial charge in [0.2, 0.25) is 0 Å². The van der Waals surface area contributed by atoms with Gasteiger partial charge in [0, 0.05) is 25.6 Å². The van der Waals surface area contributed by atoms with Gasteiger partial charge in [0.25, 0.3) is 5.56 Å². The van der Waals surface area contributed by atoms with Crippen molar-refractivity contribution in [3.63, 3.8) is 0 Å². The molecule has 1 aliphatic rings. The van der Waals surface area contributed by atoms with Crippen LogP contribution in [0.25, 0.3) is 0 Å². The lowest BCUT2D eigenvalue weighted by Crippen LogP contribution is -2.45. The van der Waals surface area contributed by atoms with Crippen molar-refractivity contribution < 1.29 is 9.90 Å². The third kappa shape index (κ3) is 3.25. The van der Waals surface area contributed by atoms with Crippen molar-refractivity contribution >= 4 is 11.8 Å². The molecule has 0 spiro atoms. The second-order valence-corrected chi connectivity index (χ2v) is 6.22. The minimum Gasteiger partial charge on any atom is -0.481 e. The molecule has 0 aromatic carbocycles. The summed E-state index contributed by atoms with van der Waals surface area (Å²) < 4.78 is 0. The summed E-state index contributed by atoms with van der Waals surface area (Å²) in [4.78, 5) is 32.3. The van der Waals surface area contributed by atoms with E-state index < -0.39 is 11.4 Å². The predicted molar refractivity (Wildman–Crippen MR) is 80.6 cm³/mol. The average molecular weight is 293 g/mol. The van der Waals surface area contributed by atoms with Gasteiger partial charge in [-0.05, 0) is 32.6 Å². The highest BCUT2D eigenvalue weighted by Gasteiger charge is 2.39. The van der Waals surface area contributed by atoms with Gasteiger partial charge in [0.15, 0.2) is 0 Å². The van der Waals surface area contributed by atoms with Crippen LogP contribution in [-0.4, -0.2) is 34.1 Å². The van der Waals surface area contributed by atoms with E-state index in [1.165, 1.54) is 6.07 Å². The van der Waals surface area contributed by atoms with E-state index in [-0.39, 0.29) is 11.5 Å². The summed E-state index contributed by atoms with van der Waals surface area (Å²) in [5.74, 6) is 0.594. The number of H-pyrrole nitrogens is 1. The molecule has 21 heavy (non-hydrogen) atoms. The second-order valence-electron chi connectivity index (χ2n) is 6.22. The average Bonchev–Trinajstić information content (AvgIpc) is 2.46. The smallest absolute Gasteiger partial charge is 0.309 e. The maximum absolute atomic E-state index is 11.7. The first kappa shape index (κ1) is 15.5. The predicted octanol–water partition coefficient (Wildman–Crippen LogP) is 1.66. The van der Waals surface area contributed by atoms with E-state index in [1.54, 1.807) is 13.8 Å². The molecule has 1 unspecified atom stereocenters. The van der Waals surface area contributed by atoms with Crippen LogP contribution in [0.3, 0.4) is 0 Å². The zero-order chi connectivity index (χ0) is 15.6. The summed E-state index contributed by atoms with van der Waals surface area (Å²) in [5.41, 5.74) is -0.926. The van der Waals surface area contributed by atoms with Crippen LogP contribution in [0.1, 0.15) is 39.4 Å². The Hall–Kier alpha value is -1.85. The van der Waals surface area contributed by atoms with Gasteiger partial charge in [-0.3, -0.25) is 9.59 Å². The maximum Gasteiger partial charge on any atom is 0.309 e. The normalized spacial score (nSPS) is 19.6. The molecule has 0 bridgehead atoms. The summed E-state index contributed by atoms with van der Waals surface area (Å²) in [7, 11) is 0. The van der Waals surface area contributed by atoms with E-state index in [4.69, 9.17) is 0 Å². The molecule has 0 amide bonds. The van der Waals surface area contributed by atoms with E-state index in [9.17, 15) is 14.7 Å². The molecule has 2 heterocycles. The number of carbonyl (C=O) groups is 1. The molecule has 0 aliphatic carbocycles. The number of aryl methyl sites for hydroxylation is 1. The quantitative estimate of drug-likeness (QED) is 0.881. The molecular formula is C15H23N3O3. The fraction of sp³-hybridized carbons (Fsp3) is 0.667. The molecule has 6 nitrogen and oxygen atoms in total. The monoisotopic (exact) mass is 293 g/mol. The highest BCUT2D eigenvalue weighted by atomic mass is 16.4. The number of piperidine rings is 1. The number of aromatic amines is 1. The Morgan fingerprint density at radius 1 is 1.57 bits per heavy atom. The van der Waals surface area contributed by atoms with Crippen molar-refractivity contribution in [1.29, 1.82) is 0 Å². The highest BCUT2D eigenvalue weighted by molar-refractivity contribution is 5.74. The zero-order valence-electron chi connectivity index (χ0n) is 12.8. The summed E-state index contributed by atoms with van der Waals surface area (Å²) in [5, 5.41) is 9.39. The number of nitrogens with one attached hydrogen (secondary N) is 1. The third-order valence-electron chi connectivity index (χ3n) is 4.43. The van der Waals surface area contributed by atoms with Crippen molar-refractivity contribution in [2.75, 3.05) is 18.0 Å². The summed E-state index contributed by atoms with van der Waals surface area (Å²) in [6, 6.07) is 1.50. The first-order chi connectivity index (χ1) is 9.84. The van der Waals surface area contributed by atoms with Gasteiger partial charge in [0.1, 0.15) is 11.6 Å². The topological polar surface area (TPSA) is 86.3 Å². The molecule has 6 heteroatoms. The van der Waals surface area contributed by atoms with Crippen molar-refractivity contribution in [2.45, 2.75) is 40.0 Å². The zero-order valence-corrected chi connectivity index (χ0v) is 12.8. The lowest BCUT2D eigenvalue weighted by molar-refractivity contribution is -0.150. The maximum atomic E-state index is 11.7. The molecule has 1 aliphatic heterocycles. The first-order valence-electron chi connectivity index (χ1n) is 7.43. The number of rotatable bonds is 4. The van der Waals surface area contributed by atoms with Crippen LogP contribution in [0, 0.1) is 11.3 Å². The fourth-order valence-electron chi connectivity index (χ4n) is 2.77. The molecular weight excluding hydrogens is 270 g/mol. The Morgan fingerprint density at radius 2 is 2.29 bits per heavy atom. The number of hydrogen-bond acceptors (Lipinski definition) is 4. The van der Waals surface area contributed by atoms with Gasteiger partial charge in [-0.2, -0.15) is 0 Å². The SMILES string of the molecule is CCc1nc(N2CCCC(C(C)(C)C(=O)O)C2)cc(=O)[nH]1. The minimum atomic E-state index is -0.775. The van der Waals surface area contributed by atoms with Crippen molar-refractivity contribution in [2.24, 2.45) is 11.3 Å². The number of anilines is 1. The molecule has 0 radical (unpaired) electrons. The van der Waals surface area contributed by atoms with Crippen LogP contribution in [0.2, 0.25) is 0 Å². The molecule has 2 N–H and O–H groups in total. The molecule has 1 aromatic rings. The van der Waals surface area contributed by atoms with E-state index in [0.29, 0.717) is 24.6 Å². The number of aliphatic carboxylic acids is 1. The fourth-order valence-corrected chi connectivity index (χ4v) is 2.77. The van der Waals surface area contributed by atoms with Gasteiger partial charge in [-0.15, -0.1) is 0 Å². The van der Waals surface area contributed by atoms with E-state index in [1.807, 2.05) is 11.8 Å². The van der Waals surface area contributed by atoms with Crippen LogP contribution < -0.4 is 10.5 Å². The Morgan fingerprint density at radius 3 is 2.90 bits per heavy atom. The Labute approximate surface area is 124 Å². The Bertz CT molecular complexity index is 580. The molecule has 116 valence electrons. The van der Waals surface area contributed by atoms with Gasteiger partial charge >= 0.3 is 5.97 Å². The van der Waals surface area contributed by atoms with Gasteiger partial charge in [0.05, 0.1) is 5.41 Å². The lowest BCUT2D eigenvalue weighted by Gasteiger charge is -2.39. The number of carboxylic acid groups (broad SMARTS) is 1. The molecule has 1 aromatic heterocycles. The van der Waals surface area contributed by atoms with Crippen LogP contribution in [-0.2, 0) is 11.2 Å². The summed E-state index contributed by atoms with van der Waals surface area (Å²) >= 11 is 0.